The zero-order chi connectivity index (χ0) is 14.1. The zero-order valence-electron chi connectivity index (χ0n) is 11.8. The van der Waals surface area contributed by atoms with Gasteiger partial charge in [0.2, 0.25) is 0 Å². The van der Waals surface area contributed by atoms with Crippen LogP contribution in [0.2, 0.25) is 0 Å². The highest BCUT2D eigenvalue weighted by atomic mass is 16.6. The smallest absolute Gasteiger partial charge is 0.269 e. The van der Waals surface area contributed by atoms with Gasteiger partial charge in [0.05, 0.1) is 4.92 Å². The number of nitrogens with one attached hydrogen (secondary N) is 1. The van der Waals surface area contributed by atoms with Crippen LogP contribution in [0.4, 0.5) is 5.69 Å². The van der Waals surface area contributed by atoms with Gasteiger partial charge in [0, 0.05) is 30.8 Å². The van der Waals surface area contributed by atoms with E-state index in [9.17, 15) is 10.1 Å². The van der Waals surface area contributed by atoms with Crippen LogP contribution in [0.3, 0.4) is 0 Å². The van der Waals surface area contributed by atoms with Crippen LogP contribution in [0, 0.1) is 16.0 Å². The molecule has 0 radical (unpaired) electrons. The second-order valence-corrected chi connectivity index (χ2v) is 5.98. The van der Waals surface area contributed by atoms with E-state index >= 15 is 0 Å². The monoisotopic (exact) mass is 275 g/mol. The summed E-state index contributed by atoms with van der Waals surface area (Å²) in [4.78, 5) is 12.8. The number of nitro groups is 1. The van der Waals surface area contributed by atoms with Crippen molar-refractivity contribution in [2.75, 3.05) is 19.6 Å². The topological polar surface area (TPSA) is 58.4 Å². The number of rotatable bonds is 4. The SMILES string of the molecule is CC(NC1CN2CCC1CC2)c1ccc([N+](=O)[O-])cc1. The number of nitrogens with zero attached hydrogens (tertiary/aromatic N) is 2. The molecule has 1 N–H and O–H groups in total. The summed E-state index contributed by atoms with van der Waals surface area (Å²) in [5, 5.41) is 14.4. The fraction of sp³-hybridized carbons (Fsp3) is 0.600. The summed E-state index contributed by atoms with van der Waals surface area (Å²) in [6.45, 7) is 5.77. The average molecular weight is 275 g/mol. The van der Waals surface area contributed by atoms with E-state index < -0.39 is 0 Å². The van der Waals surface area contributed by atoms with Crippen molar-refractivity contribution in [3.63, 3.8) is 0 Å². The van der Waals surface area contributed by atoms with Crippen molar-refractivity contribution in [3.05, 3.63) is 39.9 Å². The van der Waals surface area contributed by atoms with Crippen molar-refractivity contribution >= 4 is 5.69 Å². The molecule has 0 spiro atoms. The third-order valence-corrected chi connectivity index (χ3v) is 4.72. The van der Waals surface area contributed by atoms with Crippen molar-refractivity contribution in [1.82, 2.24) is 10.2 Å². The summed E-state index contributed by atoms with van der Waals surface area (Å²) in [5.74, 6) is 0.792. The summed E-state index contributed by atoms with van der Waals surface area (Å²) in [5.41, 5.74) is 1.27. The summed E-state index contributed by atoms with van der Waals surface area (Å²) in [6.07, 6.45) is 2.59. The Morgan fingerprint density at radius 1 is 1.30 bits per heavy atom. The lowest BCUT2D eigenvalue weighted by Crippen LogP contribution is -2.56. The summed E-state index contributed by atoms with van der Waals surface area (Å²) in [6, 6.07) is 7.69. The van der Waals surface area contributed by atoms with Crippen molar-refractivity contribution in [2.24, 2.45) is 5.92 Å². The van der Waals surface area contributed by atoms with E-state index in [0.29, 0.717) is 6.04 Å². The first-order valence-corrected chi connectivity index (χ1v) is 7.36. The molecule has 5 nitrogen and oxygen atoms in total. The van der Waals surface area contributed by atoms with Crippen molar-refractivity contribution in [3.8, 4) is 0 Å². The quantitative estimate of drug-likeness (QED) is 0.677. The molecule has 20 heavy (non-hydrogen) atoms. The van der Waals surface area contributed by atoms with E-state index in [0.717, 1.165) is 18.0 Å². The number of non-ortho nitro benzene ring substituents is 1. The molecule has 3 aliphatic heterocycles. The molecular formula is C15H21N3O2. The molecule has 2 unspecified atom stereocenters. The van der Waals surface area contributed by atoms with Gasteiger partial charge in [0.25, 0.3) is 5.69 Å². The van der Waals surface area contributed by atoms with Gasteiger partial charge >= 0.3 is 0 Å². The van der Waals surface area contributed by atoms with Gasteiger partial charge in [-0.1, -0.05) is 12.1 Å². The second kappa shape index (κ2) is 5.50. The van der Waals surface area contributed by atoms with Crippen LogP contribution in [0.15, 0.2) is 24.3 Å². The van der Waals surface area contributed by atoms with Gasteiger partial charge in [-0.05, 0) is 44.3 Å². The molecule has 3 aliphatic rings. The molecule has 4 rings (SSSR count). The Balaban J connectivity index is 1.64. The number of fused-ring (bicyclic) bond motifs is 3. The molecule has 3 fully saturated rings. The molecule has 5 heteroatoms. The molecule has 3 heterocycles. The van der Waals surface area contributed by atoms with E-state index in [4.69, 9.17) is 0 Å². The lowest BCUT2D eigenvalue weighted by atomic mass is 9.83. The van der Waals surface area contributed by atoms with Gasteiger partial charge in [0.1, 0.15) is 0 Å². The maximum atomic E-state index is 10.7. The maximum Gasteiger partial charge on any atom is 0.269 e. The summed E-state index contributed by atoms with van der Waals surface area (Å²) in [7, 11) is 0. The first kappa shape index (κ1) is 13.5. The molecule has 3 saturated heterocycles. The van der Waals surface area contributed by atoms with E-state index in [1.54, 1.807) is 12.1 Å². The second-order valence-electron chi connectivity index (χ2n) is 5.98. The van der Waals surface area contributed by atoms with Gasteiger partial charge in [-0.25, -0.2) is 0 Å². The molecule has 108 valence electrons. The summed E-state index contributed by atoms with van der Waals surface area (Å²) < 4.78 is 0. The van der Waals surface area contributed by atoms with E-state index in [-0.39, 0.29) is 16.7 Å². The Hall–Kier alpha value is -1.46. The van der Waals surface area contributed by atoms with Crippen LogP contribution in [0.25, 0.3) is 0 Å². The third-order valence-electron chi connectivity index (χ3n) is 4.72. The minimum absolute atomic E-state index is 0.156. The highest BCUT2D eigenvalue weighted by molar-refractivity contribution is 5.34. The summed E-state index contributed by atoms with van der Waals surface area (Å²) >= 11 is 0. The predicted octanol–water partition coefficient (Wildman–Crippen LogP) is 2.34. The lowest BCUT2D eigenvalue weighted by Gasteiger charge is -2.46. The van der Waals surface area contributed by atoms with Crippen LogP contribution in [0.1, 0.15) is 31.4 Å². The van der Waals surface area contributed by atoms with Crippen LogP contribution in [0.5, 0.6) is 0 Å². The van der Waals surface area contributed by atoms with Gasteiger partial charge < -0.3 is 10.2 Å². The lowest BCUT2D eigenvalue weighted by molar-refractivity contribution is -0.384. The van der Waals surface area contributed by atoms with Crippen LogP contribution in [-0.4, -0.2) is 35.5 Å². The van der Waals surface area contributed by atoms with Gasteiger partial charge in [-0.15, -0.1) is 0 Å². The molecule has 0 aliphatic carbocycles. The largest absolute Gasteiger partial charge is 0.306 e. The highest BCUT2D eigenvalue weighted by Crippen LogP contribution is 2.29. The number of hydrogen-bond donors (Lipinski definition) is 1. The average Bonchev–Trinajstić information content (AvgIpc) is 2.48. The van der Waals surface area contributed by atoms with Crippen molar-refractivity contribution < 1.29 is 4.92 Å². The van der Waals surface area contributed by atoms with Gasteiger partial charge in [-0.2, -0.15) is 0 Å². The van der Waals surface area contributed by atoms with Crippen LogP contribution >= 0.6 is 0 Å². The van der Waals surface area contributed by atoms with E-state index in [2.05, 4.69) is 17.1 Å². The molecule has 1 aromatic rings. The molecule has 2 bridgehead atoms. The predicted molar refractivity (Wildman–Crippen MR) is 77.6 cm³/mol. The number of benzene rings is 1. The fourth-order valence-electron chi connectivity index (χ4n) is 3.46. The molecule has 0 saturated carbocycles. The zero-order valence-corrected chi connectivity index (χ0v) is 11.8. The molecule has 2 atom stereocenters. The Bertz CT molecular complexity index is 480. The minimum Gasteiger partial charge on any atom is -0.306 e. The van der Waals surface area contributed by atoms with Crippen molar-refractivity contribution in [2.45, 2.75) is 31.8 Å². The first-order chi connectivity index (χ1) is 9.63. The fourth-order valence-corrected chi connectivity index (χ4v) is 3.46. The Labute approximate surface area is 119 Å². The number of hydrogen-bond acceptors (Lipinski definition) is 4. The van der Waals surface area contributed by atoms with E-state index in [1.807, 2.05) is 12.1 Å². The maximum absolute atomic E-state index is 10.7. The third kappa shape index (κ3) is 2.69. The van der Waals surface area contributed by atoms with Crippen molar-refractivity contribution in [1.29, 1.82) is 0 Å². The highest BCUT2D eigenvalue weighted by Gasteiger charge is 2.34. The molecule has 0 amide bonds. The van der Waals surface area contributed by atoms with Gasteiger partial charge in [0.15, 0.2) is 0 Å². The molecule has 0 aromatic heterocycles. The number of nitro benzene ring substituents is 1. The standard InChI is InChI=1S/C15H21N3O2/c1-11(12-2-4-14(5-3-12)18(19)20)16-15-10-17-8-6-13(15)7-9-17/h2-5,11,13,15-16H,6-10H2,1H3. The Kier molecular flexibility index (Phi) is 3.72. The Morgan fingerprint density at radius 3 is 2.45 bits per heavy atom. The van der Waals surface area contributed by atoms with E-state index in [1.165, 1.54) is 25.9 Å². The van der Waals surface area contributed by atoms with Crippen LogP contribution < -0.4 is 5.32 Å². The minimum atomic E-state index is -0.352. The number of piperidine rings is 3. The molecular weight excluding hydrogens is 254 g/mol. The van der Waals surface area contributed by atoms with Gasteiger partial charge in [-0.3, -0.25) is 10.1 Å². The first-order valence-electron chi connectivity index (χ1n) is 7.36. The normalized spacial score (nSPS) is 30.1. The molecule has 1 aromatic carbocycles. The Morgan fingerprint density at radius 2 is 1.95 bits per heavy atom. The van der Waals surface area contributed by atoms with Crippen LogP contribution in [-0.2, 0) is 0 Å².